The van der Waals surface area contributed by atoms with Gasteiger partial charge in [0.05, 0.1) is 0 Å². The number of pyridine rings is 1. The van der Waals surface area contributed by atoms with Gasteiger partial charge < -0.3 is 9.72 Å². The highest BCUT2D eigenvalue weighted by molar-refractivity contribution is 5.94. The van der Waals surface area contributed by atoms with Gasteiger partial charge >= 0.3 is 0 Å². The first-order valence-corrected chi connectivity index (χ1v) is 6.08. The zero-order valence-corrected chi connectivity index (χ0v) is 10.3. The molecule has 94 valence electrons. The van der Waals surface area contributed by atoms with Crippen molar-refractivity contribution >= 4 is 11.6 Å². The molecule has 19 heavy (non-hydrogen) atoms. The van der Waals surface area contributed by atoms with Crippen LogP contribution in [0, 0.1) is 0 Å². The van der Waals surface area contributed by atoms with E-state index in [-0.39, 0.29) is 5.91 Å². The van der Waals surface area contributed by atoms with Gasteiger partial charge in [0, 0.05) is 30.7 Å². The second-order valence-corrected chi connectivity index (χ2v) is 4.28. The molecule has 0 fully saturated rings. The third kappa shape index (κ3) is 2.47. The lowest BCUT2D eigenvalue weighted by Gasteiger charge is -2.05. The number of imidazole rings is 1. The van der Waals surface area contributed by atoms with E-state index in [1.165, 1.54) is 0 Å². The number of fused-ring (bicyclic) bond motifs is 1. The Morgan fingerprint density at radius 1 is 1.16 bits per heavy atom. The summed E-state index contributed by atoms with van der Waals surface area (Å²) < 4.78 is 1.93. The van der Waals surface area contributed by atoms with Gasteiger partial charge in [0.2, 0.25) is 0 Å². The average molecular weight is 251 g/mol. The van der Waals surface area contributed by atoms with Crippen LogP contribution in [0.1, 0.15) is 15.9 Å². The summed E-state index contributed by atoms with van der Waals surface area (Å²) in [6.45, 7) is 0.497. The highest BCUT2D eigenvalue weighted by Gasteiger charge is 2.04. The van der Waals surface area contributed by atoms with Crippen molar-refractivity contribution in [1.82, 2.24) is 14.7 Å². The molecule has 0 radical (unpaired) electrons. The van der Waals surface area contributed by atoms with E-state index >= 15 is 0 Å². The standard InChI is InChI=1S/C15H13N3O/c19-15(13-4-2-1-3-5-13)17-11-12-6-8-18-9-7-16-14(18)10-12/h1-10H,11H2,(H,17,19). The fraction of sp³-hybridized carbons (Fsp3) is 0.0667. The van der Waals surface area contributed by atoms with Crippen LogP contribution in [0.25, 0.3) is 5.65 Å². The molecular weight excluding hydrogens is 238 g/mol. The second kappa shape index (κ2) is 4.94. The molecule has 4 nitrogen and oxygen atoms in total. The number of hydrogen-bond acceptors (Lipinski definition) is 2. The summed E-state index contributed by atoms with van der Waals surface area (Å²) in [4.78, 5) is 16.1. The predicted octanol–water partition coefficient (Wildman–Crippen LogP) is 2.26. The molecule has 0 unspecified atom stereocenters. The number of aromatic nitrogens is 2. The number of hydrogen-bond donors (Lipinski definition) is 1. The number of nitrogens with one attached hydrogen (secondary N) is 1. The van der Waals surface area contributed by atoms with E-state index in [0.717, 1.165) is 11.2 Å². The largest absolute Gasteiger partial charge is 0.348 e. The Kier molecular flexibility index (Phi) is 2.98. The van der Waals surface area contributed by atoms with Gasteiger partial charge in [0.15, 0.2) is 0 Å². The maximum absolute atomic E-state index is 11.9. The summed E-state index contributed by atoms with van der Waals surface area (Å²) in [7, 11) is 0. The number of benzene rings is 1. The molecule has 2 heterocycles. The molecule has 1 aromatic carbocycles. The fourth-order valence-corrected chi connectivity index (χ4v) is 1.94. The van der Waals surface area contributed by atoms with Crippen LogP contribution in [0.15, 0.2) is 61.1 Å². The van der Waals surface area contributed by atoms with Crippen molar-refractivity contribution in [3.63, 3.8) is 0 Å². The molecular formula is C15H13N3O. The van der Waals surface area contributed by atoms with Crippen LogP contribution in [0.3, 0.4) is 0 Å². The summed E-state index contributed by atoms with van der Waals surface area (Å²) in [6, 6.07) is 13.1. The lowest BCUT2D eigenvalue weighted by molar-refractivity contribution is 0.0951. The zero-order valence-electron chi connectivity index (χ0n) is 10.3. The van der Waals surface area contributed by atoms with Gasteiger partial charge in [-0.15, -0.1) is 0 Å². The van der Waals surface area contributed by atoms with Crippen molar-refractivity contribution in [1.29, 1.82) is 0 Å². The van der Waals surface area contributed by atoms with E-state index in [9.17, 15) is 4.79 Å². The Balaban J connectivity index is 1.70. The quantitative estimate of drug-likeness (QED) is 0.776. The Morgan fingerprint density at radius 2 is 2.00 bits per heavy atom. The monoisotopic (exact) mass is 251 g/mol. The van der Waals surface area contributed by atoms with Crippen molar-refractivity contribution < 1.29 is 4.79 Å². The van der Waals surface area contributed by atoms with Gasteiger partial charge in [-0.05, 0) is 29.8 Å². The van der Waals surface area contributed by atoms with E-state index in [1.807, 2.05) is 47.1 Å². The van der Waals surface area contributed by atoms with Crippen LogP contribution in [0.4, 0.5) is 0 Å². The minimum absolute atomic E-state index is 0.0659. The van der Waals surface area contributed by atoms with Gasteiger partial charge in [-0.25, -0.2) is 4.98 Å². The molecule has 1 amide bonds. The highest BCUT2D eigenvalue weighted by atomic mass is 16.1. The number of carbonyl (C=O) groups is 1. The third-order valence-electron chi connectivity index (χ3n) is 2.95. The van der Waals surface area contributed by atoms with E-state index in [4.69, 9.17) is 0 Å². The van der Waals surface area contributed by atoms with Gasteiger partial charge in [-0.2, -0.15) is 0 Å². The van der Waals surface area contributed by atoms with Crippen LogP contribution in [0.2, 0.25) is 0 Å². The van der Waals surface area contributed by atoms with Gasteiger partial charge in [-0.3, -0.25) is 4.79 Å². The molecule has 0 atom stereocenters. The number of amides is 1. The minimum Gasteiger partial charge on any atom is -0.348 e. The number of nitrogens with zero attached hydrogens (tertiary/aromatic N) is 2. The molecule has 0 aliphatic heterocycles. The van der Waals surface area contributed by atoms with Crippen LogP contribution < -0.4 is 5.32 Å². The number of rotatable bonds is 3. The van der Waals surface area contributed by atoms with Crippen molar-refractivity contribution in [3.8, 4) is 0 Å². The molecule has 0 aliphatic rings. The SMILES string of the molecule is O=C(NCc1ccn2ccnc2c1)c1ccccc1. The Morgan fingerprint density at radius 3 is 2.84 bits per heavy atom. The van der Waals surface area contributed by atoms with Gasteiger partial charge in [0.25, 0.3) is 5.91 Å². The predicted molar refractivity (Wildman–Crippen MR) is 72.8 cm³/mol. The Labute approximate surface area is 110 Å². The first-order valence-electron chi connectivity index (χ1n) is 6.08. The Bertz CT molecular complexity index is 703. The van der Waals surface area contributed by atoms with E-state index < -0.39 is 0 Å². The lowest BCUT2D eigenvalue weighted by Crippen LogP contribution is -2.22. The topological polar surface area (TPSA) is 46.4 Å². The molecule has 0 bridgehead atoms. The summed E-state index contributed by atoms with van der Waals surface area (Å²) in [5, 5.41) is 2.90. The fourth-order valence-electron chi connectivity index (χ4n) is 1.94. The van der Waals surface area contributed by atoms with Gasteiger partial charge in [0.1, 0.15) is 5.65 Å². The summed E-state index contributed by atoms with van der Waals surface area (Å²) >= 11 is 0. The van der Waals surface area contributed by atoms with Crippen molar-refractivity contribution in [2.45, 2.75) is 6.54 Å². The molecule has 0 spiro atoms. The van der Waals surface area contributed by atoms with E-state index in [1.54, 1.807) is 18.3 Å². The molecule has 2 aromatic heterocycles. The molecule has 1 N–H and O–H groups in total. The normalized spacial score (nSPS) is 10.5. The molecule has 0 saturated heterocycles. The lowest BCUT2D eigenvalue weighted by atomic mass is 10.2. The summed E-state index contributed by atoms with van der Waals surface area (Å²) in [6.07, 6.45) is 5.58. The molecule has 4 heteroatoms. The van der Waals surface area contributed by atoms with Gasteiger partial charge in [-0.1, -0.05) is 18.2 Å². The molecule has 0 aliphatic carbocycles. The van der Waals surface area contributed by atoms with Crippen LogP contribution in [0.5, 0.6) is 0 Å². The van der Waals surface area contributed by atoms with Crippen LogP contribution in [-0.4, -0.2) is 15.3 Å². The van der Waals surface area contributed by atoms with Crippen molar-refractivity contribution in [2.24, 2.45) is 0 Å². The Hall–Kier alpha value is -2.62. The molecule has 0 saturated carbocycles. The maximum Gasteiger partial charge on any atom is 0.251 e. The first-order chi connectivity index (χ1) is 9.33. The smallest absolute Gasteiger partial charge is 0.251 e. The third-order valence-corrected chi connectivity index (χ3v) is 2.95. The average Bonchev–Trinajstić information content (AvgIpc) is 2.93. The van der Waals surface area contributed by atoms with Crippen LogP contribution in [-0.2, 0) is 6.54 Å². The second-order valence-electron chi connectivity index (χ2n) is 4.28. The van der Waals surface area contributed by atoms with Crippen LogP contribution >= 0.6 is 0 Å². The zero-order chi connectivity index (χ0) is 13.1. The maximum atomic E-state index is 11.9. The van der Waals surface area contributed by atoms with E-state index in [0.29, 0.717) is 12.1 Å². The first kappa shape index (κ1) is 11.5. The summed E-state index contributed by atoms with van der Waals surface area (Å²) in [5.41, 5.74) is 2.58. The molecule has 3 rings (SSSR count). The molecule has 3 aromatic rings. The summed E-state index contributed by atoms with van der Waals surface area (Å²) in [5.74, 6) is -0.0659. The minimum atomic E-state index is -0.0659. The number of carbonyl (C=O) groups excluding carboxylic acids is 1. The highest BCUT2D eigenvalue weighted by Crippen LogP contribution is 2.06. The van der Waals surface area contributed by atoms with Crippen molar-refractivity contribution in [2.75, 3.05) is 0 Å². The van der Waals surface area contributed by atoms with Crippen molar-refractivity contribution in [3.05, 3.63) is 72.2 Å². The van der Waals surface area contributed by atoms with E-state index in [2.05, 4.69) is 10.3 Å².